The molecule has 0 aliphatic rings. The first-order valence-electron chi connectivity index (χ1n) is 5.05. The molecule has 0 radical (unpaired) electrons. The van der Waals surface area contributed by atoms with Crippen LogP contribution in [0.25, 0.3) is 10.2 Å². The van der Waals surface area contributed by atoms with Gasteiger partial charge >= 0.3 is 0 Å². The molecule has 0 aromatic carbocycles. The van der Waals surface area contributed by atoms with Crippen LogP contribution in [0.1, 0.15) is 24.2 Å². The van der Waals surface area contributed by atoms with E-state index in [2.05, 4.69) is 10.3 Å². The van der Waals surface area contributed by atoms with Gasteiger partial charge in [-0.2, -0.15) is 0 Å². The molecule has 0 fully saturated rings. The highest BCUT2D eigenvalue weighted by Crippen LogP contribution is 2.14. The number of amides is 1. The smallest absolute Gasteiger partial charge is 0.256 e. The van der Waals surface area contributed by atoms with Crippen molar-refractivity contribution in [2.75, 3.05) is 7.05 Å². The Kier molecular flexibility index (Phi) is 4.25. The summed E-state index contributed by atoms with van der Waals surface area (Å²) in [5.74, 6) is -0.360. The van der Waals surface area contributed by atoms with Crippen LogP contribution >= 0.6 is 11.3 Å². The molecule has 86 valence electrons. The summed E-state index contributed by atoms with van der Waals surface area (Å²) in [6, 6.07) is 1.81. The summed E-state index contributed by atoms with van der Waals surface area (Å²) in [4.78, 5) is 25.9. The Balaban J connectivity index is 0.000000606. The first-order valence-corrected chi connectivity index (χ1v) is 5.93. The van der Waals surface area contributed by atoms with Crippen LogP contribution in [0.3, 0.4) is 0 Å². The second-order valence-corrected chi connectivity index (χ2v) is 3.69. The predicted molar refractivity (Wildman–Crippen MR) is 67.2 cm³/mol. The maximum atomic E-state index is 11.7. The van der Waals surface area contributed by atoms with Gasteiger partial charge in [-0.3, -0.25) is 9.59 Å². The van der Waals surface area contributed by atoms with Gasteiger partial charge in [0.25, 0.3) is 5.91 Å². The molecule has 0 bridgehead atoms. The Bertz CT molecular complexity index is 542. The summed E-state index contributed by atoms with van der Waals surface area (Å²) in [5.41, 5.74) is 0.711. The van der Waals surface area contributed by atoms with Gasteiger partial charge in [0.05, 0.1) is 10.2 Å². The number of hydrogen-bond acceptors (Lipinski definition) is 3. The molecule has 0 saturated carbocycles. The third kappa shape index (κ3) is 2.14. The zero-order valence-corrected chi connectivity index (χ0v) is 10.3. The highest BCUT2D eigenvalue weighted by Gasteiger charge is 2.11. The highest BCUT2D eigenvalue weighted by atomic mass is 32.1. The highest BCUT2D eigenvalue weighted by molar-refractivity contribution is 7.17. The fourth-order valence-corrected chi connectivity index (χ4v) is 2.05. The van der Waals surface area contributed by atoms with E-state index in [0.29, 0.717) is 4.70 Å². The summed E-state index contributed by atoms with van der Waals surface area (Å²) < 4.78 is 0.589. The van der Waals surface area contributed by atoms with Gasteiger partial charge in [0.1, 0.15) is 5.56 Å². The molecule has 2 aromatic rings. The van der Waals surface area contributed by atoms with Gasteiger partial charge in [0.15, 0.2) is 0 Å². The van der Waals surface area contributed by atoms with Gasteiger partial charge in [-0.25, -0.2) is 0 Å². The summed E-state index contributed by atoms with van der Waals surface area (Å²) in [6.07, 6.45) is 1.44. The van der Waals surface area contributed by atoms with E-state index in [1.807, 2.05) is 25.3 Å². The van der Waals surface area contributed by atoms with E-state index in [-0.39, 0.29) is 16.9 Å². The minimum Gasteiger partial charge on any atom is -0.359 e. The molecule has 0 spiro atoms. The number of carbonyl (C=O) groups is 1. The lowest BCUT2D eigenvalue weighted by Gasteiger charge is -1.98. The van der Waals surface area contributed by atoms with Gasteiger partial charge in [-0.05, 0) is 11.4 Å². The van der Waals surface area contributed by atoms with Crippen molar-refractivity contribution in [3.05, 3.63) is 33.4 Å². The molecule has 0 aliphatic heterocycles. The number of aromatic nitrogens is 1. The lowest BCUT2D eigenvalue weighted by Crippen LogP contribution is -2.25. The molecule has 0 aliphatic carbocycles. The number of fused-ring (bicyclic) bond motifs is 1. The monoisotopic (exact) mass is 238 g/mol. The normalized spacial score (nSPS) is 9.44. The SMILES string of the molecule is CC.CNC(=O)c1c[nH]c2ccsc2c1=O. The van der Waals surface area contributed by atoms with Crippen LogP contribution in [0.15, 0.2) is 22.4 Å². The standard InChI is InChI=1S/C9H8N2O2S.C2H6/c1-10-9(13)5-4-11-6-2-3-14-8(6)7(5)12;1-2/h2-4H,1H3,(H,10,13)(H,11,12);1-2H3. The summed E-state index contributed by atoms with van der Waals surface area (Å²) in [7, 11) is 1.50. The number of carbonyl (C=O) groups excluding carboxylic acids is 1. The van der Waals surface area contributed by atoms with E-state index in [4.69, 9.17) is 0 Å². The van der Waals surface area contributed by atoms with Crippen molar-refractivity contribution in [3.8, 4) is 0 Å². The molecule has 5 heteroatoms. The summed E-state index contributed by atoms with van der Waals surface area (Å²) >= 11 is 1.33. The number of hydrogen-bond donors (Lipinski definition) is 2. The van der Waals surface area contributed by atoms with Gasteiger partial charge in [0.2, 0.25) is 5.43 Å². The maximum absolute atomic E-state index is 11.7. The Morgan fingerprint density at radius 1 is 1.44 bits per heavy atom. The quantitative estimate of drug-likeness (QED) is 0.798. The minimum atomic E-state index is -0.360. The van der Waals surface area contributed by atoms with E-state index in [1.54, 1.807) is 0 Å². The Morgan fingerprint density at radius 3 is 2.75 bits per heavy atom. The van der Waals surface area contributed by atoms with Crippen LogP contribution in [0.5, 0.6) is 0 Å². The first kappa shape index (κ1) is 12.4. The van der Waals surface area contributed by atoms with Crippen molar-refractivity contribution in [3.63, 3.8) is 0 Å². The molecule has 0 unspecified atom stereocenters. The minimum absolute atomic E-state index is 0.155. The molecule has 2 aromatic heterocycles. The van der Waals surface area contributed by atoms with Gasteiger partial charge in [-0.15, -0.1) is 11.3 Å². The zero-order chi connectivity index (χ0) is 12.1. The van der Waals surface area contributed by atoms with Crippen LogP contribution in [0.2, 0.25) is 0 Å². The second-order valence-electron chi connectivity index (χ2n) is 2.77. The van der Waals surface area contributed by atoms with Crippen LogP contribution < -0.4 is 10.7 Å². The van der Waals surface area contributed by atoms with Crippen LogP contribution in [0, 0.1) is 0 Å². The third-order valence-corrected chi connectivity index (χ3v) is 2.87. The topological polar surface area (TPSA) is 62.0 Å². The van der Waals surface area contributed by atoms with E-state index >= 15 is 0 Å². The molecular weight excluding hydrogens is 224 g/mol. The Morgan fingerprint density at radius 2 is 2.12 bits per heavy atom. The largest absolute Gasteiger partial charge is 0.359 e. The number of aromatic amines is 1. The van der Waals surface area contributed by atoms with Gasteiger partial charge in [0, 0.05) is 13.2 Å². The lowest BCUT2D eigenvalue weighted by molar-refractivity contribution is 0.0962. The van der Waals surface area contributed by atoms with Gasteiger partial charge in [-0.1, -0.05) is 13.8 Å². The summed E-state index contributed by atoms with van der Waals surface area (Å²) in [5, 5.41) is 4.24. The summed E-state index contributed by atoms with van der Waals surface area (Å²) in [6.45, 7) is 4.00. The molecule has 16 heavy (non-hydrogen) atoms. The number of rotatable bonds is 1. The van der Waals surface area contributed by atoms with E-state index < -0.39 is 0 Å². The van der Waals surface area contributed by atoms with Crippen molar-refractivity contribution in [2.24, 2.45) is 0 Å². The third-order valence-electron chi connectivity index (χ3n) is 1.96. The van der Waals surface area contributed by atoms with E-state index in [0.717, 1.165) is 5.52 Å². The molecule has 1 amide bonds. The van der Waals surface area contributed by atoms with Crippen LogP contribution in [0.4, 0.5) is 0 Å². The zero-order valence-electron chi connectivity index (χ0n) is 9.46. The Labute approximate surface area is 97.3 Å². The van der Waals surface area contributed by atoms with Crippen molar-refractivity contribution in [1.29, 1.82) is 0 Å². The Hall–Kier alpha value is -1.62. The number of H-pyrrole nitrogens is 1. The predicted octanol–water partition coefficient (Wildman–Crippen LogP) is 1.98. The van der Waals surface area contributed by atoms with Crippen molar-refractivity contribution in [1.82, 2.24) is 10.3 Å². The fraction of sp³-hybridized carbons (Fsp3) is 0.273. The molecule has 0 atom stereocenters. The van der Waals surface area contributed by atoms with Gasteiger partial charge < -0.3 is 10.3 Å². The maximum Gasteiger partial charge on any atom is 0.256 e. The van der Waals surface area contributed by atoms with E-state index in [1.165, 1.54) is 24.6 Å². The fourth-order valence-electron chi connectivity index (χ4n) is 1.24. The molecule has 2 heterocycles. The van der Waals surface area contributed by atoms with Crippen molar-refractivity contribution < 1.29 is 4.79 Å². The molecule has 2 rings (SSSR count). The van der Waals surface area contributed by atoms with Crippen LogP contribution in [-0.4, -0.2) is 17.9 Å². The average Bonchev–Trinajstić information content (AvgIpc) is 2.80. The number of nitrogens with one attached hydrogen (secondary N) is 2. The average molecular weight is 238 g/mol. The molecular formula is C11H14N2O2S. The number of thiophene rings is 1. The second kappa shape index (κ2) is 5.46. The number of pyridine rings is 1. The molecule has 4 nitrogen and oxygen atoms in total. The van der Waals surface area contributed by atoms with Crippen molar-refractivity contribution in [2.45, 2.75) is 13.8 Å². The van der Waals surface area contributed by atoms with E-state index in [9.17, 15) is 9.59 Å². The van der Waals surface area contributed by atoms with Crippen molar-refractivity contribution >= 4 is 27.5 Å². The van der Waals surface area contributed by atoms with Crippen LogP contribution in [-0.2, 0) is 0 Å². The molecule has 0 saturated heterocycles. The molecule has 2 N–H and O–H groups in total. The first-order chi connectivity index (χ1) is 7.74. The lowest BCUT2D eigenvalue weighted by atomic mass is 10.2.